The van der Waals surface area contributed by atoms with Crippen LogP contribution < -0.4 is 0 Å². The fourth-order valence-corrected chi connectivity index (χ4v) is 1.67. The lowest BCUT2D eigenvalue weighted by atomic mass is 9.92. The molecular weight excluding hydrogens is 255 g/mol. The van der Waals surface area contributed by atoms with Gasteiger partial charge < -0.3 is 4.74 Å². The molecule has 5 nitrogen and oxygen atoms in total. The van der Waals surface area contributed by atoms with Gasteiger partial charge in [-0.25, -0.2) is 4.79 Å². The zero-order valence-electron chi connectivity index (χ0n) is 9.92. The van der Waals surface area contributed by atoms with Gasteiger partial charge in [0.1, 0.15) is 12.4 Å². The van der Waals surface area contributed by atoms with Crippen molar-refractivity contribution < 1.29 is 22.5 Å². The Labute approximate surface area is 107 Å². The van der Waals surface area contributed by atoms with Gasteiger partial charge in [-0.1, -0.05) is 17.9 Å². The van der Waals surface area contributed by atoms with E-state index in [2.05, 4.69) is 0 Å². The molecule has 0 fully saturated rings. The maximum atomic E-state index is 11.6. The predicted molar refractivity (Wildman–Crippen MR) is 67.3 cm³/mol. The van der Waals surface area contributed by atoms with Crippen LogP contribution >= 0.6 is 0 Å². The third kappa shape index (κ3) is 4.50. The molecule has 0 saturated heterocycles. The van der Waals surface area contributed by atoms with Gasteiger partial charge in [-0.05, 0) is 24.6 Å². The Bertz CT molecular complexity index is 538. The number of aryl methyl sites for hydroxylation is 1. The lowest BCUT2D eigenvalue weighted by Gasteiger charge is -2.07. The maximum absolute atomic E-state index is 11.6. The average molecular weight is 268 g/mol. The second-order valence-corrected chi connectivity index (χ2v) is 5.34. The molecule has 0 heterocycles. The normalized spacial score (nSPS) is 11.2. The third-order valence-corrected chi connectivity index (χ3v) is 3.06. The van der Waals surface area contributed by atoms with Crippen molar-refractivity contribution in [1.82, 2.24) is 0 Å². The van der Waals surface area contributed by atoms with Gasteiger partial charge in [-0.2, -0.15) is 8.42 Å². The van der Waals surface area contributed by atoms with Crippen LogP contribution in [0.25, 0.3) is 0 Å². The number of rotatable bonds is 5. The number of carbonyl (C=O) groups is 1. The Morgan fingerprint density at radius 2 is 2.11 bits per heavy atom. The van der Waals surface area contributed by atoms with Crippen molar-refractivity contribution in [2.45, 2.75) is 13.2 Å². The molecule has 0 aliphatic carbocycles. The molecule has 2 radical (unpaired) electrons. The SMILES string of the molecule is [B]Cc1ccc(C(=O)OCCS(=O)(=O)O)cc1C. The molecular formula is C11H13BO5S. The van der Waals surface area contributed by atoms with Crippen LogP contribution in [0.1, 0.15) is 21.5 Å². The van der Waals surface area contributed by atoms with E-state index in [1.807, 2.05) is 6.92 Å². The van der Waals surface area contributed by atoms with Crippen molar-refractivity contribution in [2.75, 3.05) is 12.4 Å². The van der Waals surface area contributed by atoms with E-state index in [4.69, 9.17) is 17.1 Å². The van der Waals surface area contributed by atoms with Crippen molar-refractivity contribution in [3.63, 3.8) is 0 Å². The molecule has 0 aromatic heterocycles. The first-order valence-electron chi connectivity index (χ1n) is 5.25. The van der Waals surface area contributed by atoms with Gasteiger partial charge in [0, 0.05) is 0 Å². The molecule has 0 saturated carbocycles. The smallest absolute Gasteiger partial charge is 0.338 e. The van der Waals surface area contributed by atoms with Crippen LogP contribution in [0.4, 0.5) is 0 Å². The van der Waals surface area contributed by atoms with Gasteiger partial charge >= 0.3 is 5.97 Å². The highest BCUT2D eigenvalue weighted by Crippen LogP contribution is 2.12. The summed E-state index contributed by atoms with van der Waals surface area (Å²) in [6.07, 6.45) is 0.379. The second-order valence-electron chi connectivity index (χ2n) is 3.77. The van der Waals surface area contributed by atoms with Crippen LogP contribution in [0.3, 0.4) is 0 Å². The van der Waals surface area contributed by atoms with Crippen molar-refractivity contribution in [1.29, 1.82) is 0 Å². The highest BCUT2D eigenvalue weighted by molar-refractivity contribution is 7.85. The van der Waals surface area contributed by atoms with E-state index in [0.717, 1.165) is 11.1 Å². The topological polar surface area (TPSA) is 80.7 Å². The Hall–Kier alpha value is -1.34. The number of benzene rings is 1. The van der Waals surface area contributed by atoms with Crippen molar-refractivity contribution in [3.05, 3.63) is 34.9 Å². The van der Waals surface area contributed by atoms with Gasteiger partial charge in [0.25, 0.3) is 10.1 Å². The Morgan fingerprint density at radius 3 is 2.61 bits per heavy atom. The quantitative estimate of drug-likeness (QED) is 0.483. The highest BCUT2D eigenvalue weighted by atomic mass is 32.2. The van der Waals surface area contributed by atoms with Crippen LogP contribution in [-0.4, -0.2) is 39.1 Å². The predicted octanol–water partition coefficient (Wildman–Crippen LogP) is 0.708. The van der Waals surface area contributed by atoms with E-state index in [1.54, 1.807) is 18.2 Å². The minimum Gasteiger partial charge on any atom is -0.461 e. The standard InChI is InChI=1S/C11H13BO5S/c1-8-6-9(2-3-10(8)7-12)11(13)17-4-5-18(14,15)16/h2-3,6H,4-5,7H2,1H3,(H,14,15,16). The maximum Gasteiger partial charge on any atom is 0.338 e. The number of hydrogen-bond donors (Lipinski definition) is 1. The minimum absolute atomic E-state index is 0.319. The second kappa shape index (κ2) is 6.02. The summed E-state index contributed by atoms with van der Waals surface area (Å²) in [6.45, 7) is 1.44. The van der Waals surface area contributed by atoms with Crippen LogP contribution in [0.5, 0.6) is 0 Å². The number of ether oxygens (including phenoxy) is 1. The van der Waals surface area contributed by atoms with E-state index in [-0.39, 0.29) is 6.61 Å². The summed E-state index contributed by atoms with van der Waals surface area (Å²) < 4.78 is 34.1. The zero-order chi connectivity index (χ0) is 13.8. The minimum atomic E-state index is -4.11. The van der Waals surface area contributed by atoms with Crippen LogP contribution in [0, 0.1) is 6.92 Å². The van der Waals surface area contributed by atoms with E-state index >= 15 is 0 Å². The monoisotopic (exact) mass is 268 g/mol. The Balaban J connectivity index is 2.65. The van der Waals surface area contributed by atoms with E-state index in [9.17, 15) is 13.2 Å². The first-order valence-corrected chi connectivity index (χ1v) is 6.86. The summed E-state index contributed by atoms with van der Waals surface area (Å²) in [5.74, 6) is -1.25. The molecule has 1 N–H and O–H groups in total. The highest BCUT2D eigenvalue weighted by Gasteiger charge is 2.11. The molecule has 0 spiro atoms. The average Bonchev–Trinajstić information content (AvgIpc) is 2.27. The van der Waals surface area contributed by atoms with Crippen molar-refractivity contribution in [3.8, 4) is 0 Å². The summed E-state index contributed by atoms with van der Waals surface area (Å²) in [7, 11) is 1.38. The molecule has 0 atom stereocenters. The first kappa shape index (κ1) is 14.7. The molecule has 1 aromatic rings. The van der Waals surface area contributed by atoms with Crippen LogP contribution in [0.15, 0.2) is 18.2 Å². The van der Waals surface area contributed by atoms with Crippen molar-refractivity contribution in [2.24, 2.45) is 0 Å². The fraction of sp³-hybridized carbons (Fsp3) is 0.364. The number of hydrogen-bond acceptors (Lipinski definition) is 4. The summed E-state index contributed by atoms with van der Waals surface area (Å²) in [6, 6.07) is 4.90. The first-order chi connectivity index (χ1) is 8.33. The zero-order valence-corrected chi connectivity index (χ0v) is 10.7. The lowest BCUT2D eigenvalue weighted by Crippen LogP contribution is -2.15. The molecule has 18 heavy (non-hydrogen) atoms. The molecule has 0 unspecified atom stereocenters. The van der Waals surface area contributed by atoms with Gasteiger partial charge in [-0.3, -0.25) is 4.55 Å². The number of esters is 1. The Morgan fingerprint density at radius 1 is 1.44 bits per heavy atom. The van der Waals surface area contributed by atoms with Gasteiger partial charge in [0.05, 0.1) is 13.4 Å². The van der Waals surface area contributed by atoms with Crippen LogP contribution in [-0.2, 0) is 21.2 Å². The molecule has 1 aromatic carbocycles. The summed E-state index contributed by atoms with van der Waals surface area (Å²) in [5.41, 5.74) is 2.10. The van der Waals surface area contributed by atoms with Gasteiger partial charge in [0.15, 0.2) is 0 Å². The summed E-state index contributed by atoms with van der Waals surface area (Å²) >= 11 is 0. The Kier molecular flexibility index (Phi) is 4.92. The van der Waals surface area contributed by atoms with Gasteiger partial charge in [0.2, 0.25) is 0 Å². The van der Waals surface area contributed by atoms with E-state index in [0.29, 0.717) is 11.9 Å². The van der Waals surface area contributed by atoms with E-state index < -0.39 is 21.8 Å². The molecule has 0 bridgehead atoms. The molecule has 1 rings (SSSR count). The molecule has 96 valence electrons. The number of carbonyl (C=O) groups excluding carboxylic acids is 1. The molecule has 0 aliphatic heterocycles. The lowest BCUT2D eigenvalue weighted by molar-refractivity contribution is 0.0528. The summed E-state index contributed by atoms with van der Waals surface area (Å²) in [4.78, 5) is 11.6. The van der Waals surface area contributed by atoms with E-state index in [1.165, 1.54) is 0 Å². The fourth-order valence-electron chi connectivity index (χ4n) is 1.37. The summed E-state index contributed by atoms with van der Waals surface area (Å²) in [5, 5.41) is 0. The van der Waals surface area contributed by atoms with Crippen LogP contribution in [0.2, 0.25) is 0 Å². The molecule has 7 heteroatoms. The largest absolute Gasteiger partial charge is 0.461 e. The van der Waals surface area contributed by atoms with Crippen molar-refractivity contribution >= 4 is 23.9 Å². The van der Waals surface area contributed by atoms with Gasteiger partial charge in [-0.15, -0.1) is 0 Å². The molecule has 0 amide bonds. The third-order valence-electron chi connectivity index (χ3n) is 2.37. The molecule has 0 aliphatic rings.